The fourth-order valence-corrected chi connectivity index (χ4v) is 2.95. The fourth-order valence-electron chi connectivity index (χ4n) is 2.95. The maximum Gasteiger partial charge on any atom is 0.314 e. The molecule has 2 rings (SSSR count). The number of aromatic nitrogens is 2. The van der Waals surface area contributed by atoms with Crippen molar-refractivity contribution in [3.63, 3.8) is 0 Å². The third-order valence-corrected chi connectivity index (χ3v) is 4.09. The lowest BCUT2D eigenvalue weighted by molar-refractivity contribution is 0.229. The van der Waals surface area contributed by atoms with Crippen molar-refractivity contribution in [3.05, 3.63) is 18.2 Å². The van der Waals surface area contributed by atoms with Crippen LogP contribution in [0, 0.1) is 11.8 Å². The molecule has 1 aliphatic carbocycles. The molecule has 0 spiro atoms. The molecule has 22 heavy (non-hydrogen) atoms. The van der Waals surface area contributed by atoms with E-state index in [1.165, 1.54) is 0 Å². The molecule has 1 saturated carbocycles. The molecular formula is C15H23N5O2. The van der Waals surface area contributed by atoms with Crippen LogP contribution in [0.2, 0.25) is 0 Å². The highest BCUT2D eigenvalue weighted by atomic mass is 16.2. The van der Waals surface area contributed by atoms with E-state index in [1.807, 2.05) is 0 Å². The number of carbonyl (C=O) groups excluding carboxylic acids is 2. The number of aliphatic imine (C=N–C) groups is 1. The molecule has 120 valence electrons. The molecule has 7 nitrogen and oxygen atoms in total. The number of urea groups is 1. The molecule has 1 fully saturated rings. The molecule has 1 aliphatic rings. The zero-order chi connectivity index (χ0) is 15.6. The first-order valence-electron chi connectivity index (χ1n) is 7.80. The van der Waals surface area contributed by atoms with Gasteiger partial charge in [-0.2, -0.15) is 0 Å². The van der Waals surface area contributed by atoms with Crippen LogP contribution in [0.25, 0.3) is 0 Å². The van der Waals surface area contributed by atoms with Crippen molar-refractivity contribution in [2.75, 3.05) is 19.6 Å². The Labute approximate surface area is 130 Å². The summed E-state index contributed by atoms with van der Waals surface area (Å²) in [6.07, 6.45) is 10.1. The van der Waals surface area contributed by atoms with Crippen molar-refractivity contribution in [3.8, 4) is 0 Å². The molecular weight excluding hydrogens is 282 g/mol. The van der Waals surface area contributed by atoms with Gasteiger partial charge in [0.2, 0.25) is 6.08 Å². The van der Waals surface area contributed by atoms with Crippen molar-refractivity contribution in [2.45, 2.75) is 32.1 Å². The van der Waals surface area contributed by atoms with Crippen LogP contribution in [-0.2, 0) is 11.2 Å². The van der Waals surface area contributed by atoms with Gasteiger partial charge in [-0.25, -0.2) is 19.6 Å². The van der Waals surface area contributed by atoms with Crippen molar-refractivity contribution >= 4 is 12.1 Å². The van der Waals surface area contributed by atoms with Gasteiger partial charge >= 0.3 is 6.03 Å². The van der Waals surface area contributed by atoms with E-state index in [0.29, 0.717) is 31.5 Å². The van der Waals surface area contributed by atoms with Gasteiger partial charge in [0.15, 0.2) is 0 Å². The second kappa shape index (κ2) is 9.00. The van der Waals surface area contributed by atoms with E-state index >= 15 is 0 Å². The third kappa shape index (κ3) is 5.69. The zero-order valence-corrected chi connectivity index (χ0v) is 12.7. The van der Waals surface area contributed by atoms with E-state index in [-0.39, 0.29) is 6.03 Å². The topological polar surface area (TPSA) is 99.2 Å². The van der Waals surface area contributed by atoms with Gasteiger partial charge in [0.05, 0.1) is 12.9 Å². The Morgan fingerprint density at radius 1 is 1.41 bits per heavy atom. The van der Waals surface area contributed by atoms with E-state index in [2.05, 4.69) is 25.6 Å². The maximum absolute atomic E-state index is 11.7. The molecule has 1 aromatic heterocycles. The Bertz CT molecular complexity index is 496. The minimum atomic E-state index is -0.132. The number of aromatic amines is 1. The van der Waals surface area contributed by atoms with Gasteiger partial charge in [-0.15, -0.1) is 0 Å². The highest BCUT2D eigenvalue weighted by Crippen LogP contribution is 2.28. The first-order valence-corrected chi connectivity index (χ1v) is 7.80. The molecule has 2 atom stereocenters. The molecule has 7 heteroatoms. The first kappa shape index (κ1) is 16.2. The summed E-state index contributed by atoms with van der Waals surface area (Å²) in [6.45, 7) is 1.82. The number of nitrogens with one attached hydrogen (secondary N) is 3. The van der Waals surface area contributed by atoms with Crippen molar-refractivity contribution in [2.24, 2.45) is 16.8 Å². The largest absolute Gasteiger partial charge is 0.348 e. The van der Waals surface area contributed by atoms with Crippen LogP contribution in [0.15, 0.2) is 17.5 Å². The predicted molar refractivity (Wildman–Crippen MR) is 82.1 cm³/mol. The fraction of sp³-hybridized carbons (Fsp3) is 0.667. The van der Waals surface area contributed by atoms with Crippen LogP contribution in [0.5, 0.6) is 0 Å². The minimum absolute atomic E-state index is 0.132. The lowest BCUT2D eigenvalue weighted by Crippen LogP contribution is -2.40. The van der Waals surface area contributed by atoms with E-state index in [1.54, 1.807) is 18.6 Å². The third-order valence-electron chi connectivity index (χ3n) is 4.09. The first-order chi connectivity index (χ1) is 10.8. The average Bonchev–Trinajstić information content (AvgIpc) is 3.05. The number of carbonyl (C=O) groups is 1. The van der Waals surface area contributed by atoms with Crippen molar-refractivity contribution < 1.29 is 9.59 Å². The lowest BCUT2D eigenvalue weighted by atomic mass is 9.81. The predicted octanol–water partition coefficient (Wildman–Crippen LogP) is 1.39. The molecule has 0 bridgehead atoms. The van der Waals surface area contributed by atoms with E-state index in [4.69, 9.17) is 0 Å². The summed E-state index contributed by atoms with van der Waals surface area (Å²) in [5.41, 5.74) is 1.01. The number of amides is 2. The number of imidazole rings is 1. The highest BCUT2D eigenvalue weighted by Gasteiger charge is 2.22. The number of hydrogen-bond acceptors (Lipinski definition) is 4. The number of rotatable bonds is 7. The molecule has 0 aliphatic heterocycles. The number of hydrogen-bond donors (Lipinski definition) is 3. The molecule has 3 N–H and O–H groups in total. The normalized spacial score (nSPS) is 20.9. The van der Waals surface area contributed by atoms with E-state index < -0.39 is 0 Å². The van der Waals surface area contributed by atoms with Gasteiger partial charge in [-0.05, 0) is 31.1 Å². The smallest absolute Gasteiger partial charge is 0.314 e. The zero-order valence-electron chi connectivity index (χ0n) is 12.7. The summed E-state index contributed by atoms with van der Waals surface area (Å²) in [4.78, 5) is 32.5. The summed E-state index contributed by atoms with van der Waals surface area (Å²) in [5, 5.41) is 5.76. The van der Waals surface area contributed by atoms with Crippen LogP contribution >= 0.6 is 0 Å². The van der Waals surface area contributed by atoms with Gasteiger partial charge < -0.3 is 15.6 Å². The van der Waals surface area contributed by atoms with Gasteiger partial charge in [0, 0.05) is 31.4 Å². The SMILES string of the molecule is O=C=NCC1CCCC(CNC(=O)NCCc2cnc[nH]2)C1. The highest BCUT2D eigenvalue weighted by molar-refractivity contribution is 5.73. The van der Waals surface area contributed by atoms with E-state index in [9.17, 15) is 9.59 Å². The van der Waals surface area contributed by atoms with Crippen LogP contribution in [0.1, 0.15) is 31.4 Å². The summed E-state index contributed by atoms with van der Waals surface area (Å²) in [5.74, 6) is 0.921. The van der Waals surface area contributed by atoms with Gasteiger partial charge in [0.25, 0.3) is 0 Å². The summed E-state index contributed by atoms with van der Waals surface area (Å²) in [7, 11) is 0. The second-order valence-corrected chi connectivity index (χ2v) is 5.79. The Balaban J connectivity index is 1.60. The average molecular weight is 305 g/mol. The number of isocyanates is 1. The minimum Gasteiger partial charge on any atom is -0.348 e. The van der Waals surface area contributed by atoms with E-state index in [0.717, 1.165) is 37.8 Å². The van der Waals surface area contributed by atoms with Gasteiger partial charge in [-0.3, -0.25) is 0 Å². The summed E-state index contributed by atoms with van der Waals surface area (Å²) in [6, 6.07) is -0.132. The van der Waals surface area contributed by atoms with Crippen LogP contribution in [-0.4, -0.2) is 41.7 Å². The molecule has 0 radical (unpaired) electrons. The Morgan fingerprint density at radius 2 is 2.27 bits per heavy atom. The maximum atomic E-state index is 11.7. The van der Waals surface area contributed by atoms with Crippen LogP contribution in [0.4, 0.5) is 4.79 Å². The Hall–Kier alpha value is -2.14. The van der Waals surface area contributed by atoms with Crippen molar-refractivity contribution in [1.82, 2.24) is 20.6 Å². The number of nitrogens with zero attached hydrogens (tertiary/aromatic N) is 2. The lowest BCUT2D eigenvalue weighted by Gasteiger charge is -2.28. The summed E-state index contributed by atoms with van der Waals surface area (Å²) >= 11 is 0. The molecule has 0 aromatic carbocycles. The van der Waals surface area contributed by atoms with Crippen molar-refractivity contribution in [1.29, 1.82) is 0 Å². The summed E-state index contributed by atoms with van der Waals surface area (Å²) < 4.78 is 0. The standard InChI is InChI=1S/C15H23N5O2/c21-11-17-7-12-2-1-3-13(6-12)8-19-15(22)18-5-4-14-9-16-10-20-14/h9-10,12-13H,1-8H2,(H,16,20)(H2,18,19,22). The molecule has 2 unspecified atom stereocenters. The molecule has 0 saturated heterocycles. The molecule has 2 amide bonds. The van der Waals surface area contributed by atoms with Crippen LogP contribution in [0.3, 0.4) is 0 Å². The second-order valence-electron chi connectivity index (χ2n) is 5.79. The van der Waals surface area contributed by atoms with Crippen LogP contribution < -0.4 is 10.6 Å². The Kier molecular flexibility index (Phi) is 6.64. The van der Waals surface area contributed by atoms with Gasteiger partial charge in [-0.1, -0.05) is 6.42 Å². The molecule has 1 aromatic rings. The van der Waals surface area contributed by atoms with Gasteiger partial charge in [0.1, 0.15) is 0 Å². The Morgan fingerprint density at radius 3 is 3.05 bits per heavy atom. The quantitative estimate of drug-likeness (QED) is 0.524. The number of H-pyrrole nitrogens is 1. The molecule has 1 heterocycles. The monoisotopic (exact) mass is 305 g/mol.